The average molecular weight is 583 g/mol. The summed E-state index contributed by atoms with van der Waals surface area (Å²) in [5.41, 5.74) is 2.65. The normalized spacial score (nSPS) is 16.3. The number of hydrogen-bond acceptors (Lipinski definition) is 6. The fraction of sp³-hybridized carbons (Fsp3) is 0.324. The lowest BCUT2D eigenvalue weighted by atomic mass is 9.76. The predicted molar refractivity (Wildman–Crippen MR) is 172 cm³/mol. The zero-order valence-corrected chi connectivity index (χ0v) is 25.3. The molecule has 1 fully saturated rings. The Kier molecular flexibility index (Phi) is 11.2. The number of phenolic OH excluding ortho intramolecular Hbond substituents is 1. The van der Waals surface area contributed by atoms with Gasteiger partial charge in [0.1, 0.15) is 17.2 Å². The summed E-state index contributed by atoms with van der Waals surface area (Å²) >= 11 is 0. The van der Waals surface area contributed by atoms with Crippen LogP contribution in [0, 0.1) is 5.92 Å². The summed E-state index contributed by atoms with van der Waals surface area (Å²) in [6.07, 6.45) is 12.5. The number of allylic oxidation sites excluding steroid dienone is 2. The molecule has 4 rings (SSSR count). The van der Waals surface area contributed by atoms with Gasteiger partial charge in [-0.25, -0.2) is 4.79 Å². The summed E-state index contributed by atoms with van der Waals surface area (Å²) < 4.78 is 22.9. The molecule has 0 spiro atoms. The molecule has 6 heteroatoms. The first-order valence-electron chi connectivity index (χ1n) is 15.0. The molecule has 43 heavy (non-hydrogen) atoms. The van der Waals surface area contributed by atoms with Gasteiger partial charge in [0, 0.05) is 12.5 Å². The first-order valence-corrected chi connectivity index (χ1v) is 15.0. The third kappa shape index (κ3) is 8.39. The molecule has 0 aliphatic heterocycles. The molecular weight excluding hydrogens is 540 g/mol. The molecule has 0 saturated heterocycles. The third-order valence-electron chi connectivity index (χ3n) is 7.75. The van der Waals surface area contributed by atoms with Crippen LogP contribution in [0.25, 0.3) is 17.7 Å². The van der Waals surface area contributed by atoms with Gasteiger partial charge in [-0.15, -0.1) is 0 Å². The molecule has 0 aromatic heterocycles. The first kappa shape index (κ1) is 31.6. The molecular formula is C37H42O6. The standard InChI is InChI=1S/C37H42O6/c1-5-37(36(39)40-4,32-10-8-7-9-11-32)43-35-24-18-30(19-25-35)31(26-29-13-20-33(38)21-14-29)17-12-28-15-22-34(23-16-28)42-27(3)41-6-2/h5,12-27,32,38H,1,6-11H2,2-4H3. The van der Waals surface area contributed by atoms with Crippen molar-refractivity contribution in [1.29, 1.82) is 0 Å². The van der Waals surface area contributed by atoms with E-state index < -0.39 is 11.6 Å². The number of ether oxygens (including phenoxy) is 4. The Morgan fingerprint density at radius 2 is 1.58 bits per heavy atom. The van der Waals surface area contributed by atoms with Gasteiger partial charge in [-0.05, 0) is 97.5 Å². The number of phenols is 1. The molecule has 2 atom stereocenters. The van der Waals surface area contributed by atoms with Crippen molar-refractivity contribution >= 4 is 23.7 Å². The van der Waals surface area contributed by atoms with Crippen molar-refractivity contribution in [2.45, 2.75) is 57.8 Å². The summed E-state index contributed by atoms with van der Waals surface area (Å²) in [5, 5.41) is 9.75. The second kappa shape index (κ2) is 15.3. The lowest BCUT2D eigenvalue weighted by Crippen LogP contribution is -2.50. The maximum Gasteiger partial charge on any atom is 0.354 e. The highest BCUT2D eigenvalue weighted by Crippen LogP contribution is 2.38. The van der Waals surface area contributed by atoms with Crippen molar-refractivity contribution < 1.29 is 28.8 Å². The Bertz CT molecular complexity index is 1380. The first-order chi connectivity index (χ1) is 20.9. The second-order valence-electron chi connectivity index (χ2n) is 10.7. The number of carbonyl (C=O) groups excluding carboxylic acids is 1. The molecule has 226 valence electrons. The van der Waals surface area contributed by atoms with E-state index in [0.717, 1.165) is 60.1 Å². The second-order valence-corrected chi connectivity index (χ2v) is 10.7. The van der Waals surface area contributed by atoms with Crippen molar-refractivity contribution in [3.05, 3.63) is 108 Å². The van der Waals surface area contributed by atoms with Crippen molar-refractivity contribution in [3.63, 3.8) is 0 Å². The number of benzene rings is 3. The van der Waals surface area contributed by atoms with Crippen LogP contribution in [0.1, 0.15) is 62.6 Å². The molecule has 0 heterocycles. The van der Waals surface area contributed by atoms with E-state index in [9.17, 15) is 9.90 Å². The molecule has 0 amide bonds. The van der Waals surface area contributed by atoms with E-state index in [-0.39, 0.29) is 18.0 Å². The number of carbonyl (C=O) groups is 1. The monoisotopic (exact) mass is 582 g/mol. The van der Waals surface area contributed by atoms with Crippen LogP contribution in [-0.2, 0) is 14.3 Å². The molecule has 3 aromatic carbocycles. The Balaban J connectivity index is 1.60. The highest BCUT2D eigenvalue weighted by molar-refractivity contribution is 5.90. The smallest absolute Gasteiger partial charge is 0.354 e. The van der Waals surface area contributed by atoms with E-state index >= 15 is 0 Å². The van der Waals surface area contributed by atoms with Crippen LogP contribution in [0.4, 0.5) is 0 Å². The van der Waals surface area contributed by atoms with Gasteiger partial charge >= 0.3 is 5.97 Å². The summed E-state index contributed by atoms with van der Waals surface area (Å²) in [6, 6.07) is 22.6. The minimum atomic E-state index is -1.22. The molecule has 3 aromatic rings. The van der Waals surface area contributed by atoms with E-state index in [2.05, 4.69) is 12.7 Å². The van der Waals surface area contributed by atoms with Gasteiger partial charge in [-0.1, -0.05) is 74.4 Å². The molecule has 0 bridgehead atoms. The largest absolute Gasteiger partial charge is 0.508 e. The molecule has 2 unspecified atom stereocenters. The molecule has 1 aliphatic rings. The van der Waals surface area contributed by atoms with E-state index in [0.29, 0.717) is 12.4 Å². The summed E-state index contributed by atoms with van der Waals surface area (Å²) in [6.45, 7) is 8.37. The topological polar surface area (TPSA) is 74.2 Å². The van der Waals surface area contributed by atoms with Gasteiger partial charge in [0.2, 0.25) is 5.60 Å². The predicted octanol–water partition coefficient (Wildman–Crippen LogP) is 8.46. The number of hydrogen-bond donors (Lipinski definition) is 1. The van der Waals surface area contributed by atoms with Gasteiger partial charge in [0.25, 0.3) is 0 Å². The average Bonchev–Trinajstić information content (AvgIpc) is 3.04. The highest BCUT2D eigenvalue weighted by atomic mass is 16.7. The van der Waals surface area contributed by atoms with E-state index in [1.54, 1.807) is 18.2 Å². The van der Waals surface area contributed by atoms with Gasteiger partial charge in [-0.3, -0.25) is 0 Å². The minimum absolute atomic E-state index is 0.0120. The minimum Gasteiger partial charge on any atom is -0.508 e. The molecule has 1 saturated carbocycles. The quantitative estimate of drug-likeness (QED) is 0.0716. The zero-order valence-electron chi connectivity index (χ0n) is 25.3. The van der Waals surface area contributed by atoms with E-state index in [1.165, 1.54) is 7.11 Å². The Morgan fingerprint density at radius 3 is 2.19 bits per heavy atom. The van der Waals surface area contributed by atoms with Gasteiger partial charge < -0.3 is 24.1 Å². The van der Waals surface area contributed by atoms with Gasteiger partial charge in [0.05, 0.1) is 7.11 Å². The number of methoxy groups -OCH3 is 1. The Morgan fingerprint density at radius 1 is 0.953 bits per heavy atom. The van der Waals surface area contributed by atoms with Crippen molar-refractivity contribution in [1.82, 2.24) is 0 Å². The van der Waals surface area contributed by atoms with Crippen LogP contribution < -0.4 is 9.47 Å². The third-order valence-corrected chi connectivity index (χ3v) is 7.75. The van der Waals surface area contributed by atoms with E-state index in [1.807, 2.05) is 86.7 Å². The van der Waals surface area contributed by atoms with Crippen molar-refractivity contribution in [2.24, 2.45) is 5.92 Å². The lowest BCUT2D eigenvalue weighted by Gasteiger charge is -2.38. The van der Waals surface area contributed by atoms with Crippen LogP contribution in [0.2, 0.25) is 0 Å². The highest BCUT2D eigenvalue weighted by Gasteiger charge is 2.47. The van der Waals surface area contributed by atoms with E-state index in [4.69, 9.17) is 18.9 Å². The summed E-state index contributed by atoms with van der Waals surface area (Å²) in [4.78, 5) is 13.0. The number of esters is 1. The fourth-order valence-corrected chi connectivity index (χ4v) is 5.47. The summed E-state index contributed by atoms with van der Waals surface area (Å²) in [5.74, 6) is 1.12. The fourth-order valence-electron chi connectivity index (χ4n) is 5.47. The van der Waals surface area contributed by atoms with Crippen LogP contribution in [-0.4, -0.2) is 36.7 Å². The lowest BCUT2D eigenvalue weighted by molar-refractivity contribution is -0.160. The molecule has 0 radical (unpaired) electrons. The zero-order chi connectivity index (χ0) is 30.7. The SMILES string of the molecule is C=CC(Oc1ccc(C(C=Cc2ccc(OC(C)OCC)cc2)=Cc2ccc(O)cc2)cc1)(C(=O)OC)C1CCCCC1. The van der Waals surface area contributed by atoms with Crippen LogP contribution in [0.3, 0.4) is 0 Å². The van der Waals surface area contributed by atoms with Crippen LogP contribution in [0.5, 0.6) is 17.2 Å². The number of rotatable bonds is 13. The Hall–Kier alpha value is -4.29. The number of aromatic hydroxyl groups is 1. The summed E-state index contributed by atoms with van der Waals surface area (Å²) in [7, 11) is 1.39. The molecule has 1 N–H and O–H groups in total. The van der Waals surface area contributed by atoms with Crippen molar-refractivity contribution in [3.8, 4) is 17.2 Å². The maximum atomic E-state index is 13.0. The van der Waals surface area contributed by atoms with Crippen LogP contribution >= 0.6 is 0 Å². The Labute approximate surface area is 255 Å². The van der Waals surface area contributed by atoms with Crippen LogP contribution in [0.15, 0.2) is 91.5 Å². The van der Waals surface area contributed by atoms with Crippen molar-refractivity contribution in [2.75, 3.05) is 13.7 Å². The van der Waals surface area contributed by atoms with Gasteiger partial charge in [0.15, 0.2) is 6.29 Å². The molecule has 6 nitrogen and oxygen atoms in total. The molecule has 1 aliphatic carbocycles. The maximum absolute atomic E-state index is 13.0. The van der Waals surface area contributed by atoms with Gasteiger partial charge in [-0.2, -0.15) is 0 Å².